The highest BCUT2D eigenvalue weighted by Crippen LogP contribution is 2.29. The van der Waals surface area contributed by atoms with E-state index in [1.54, 1.807) is 19.5 Å². The van der Waals surface area contributed by atoms with Gasteiger partial charge in [-0.1, -0.05) is 29.5 Å². The number of methoxy groups -OCH3 is 1. The van der Waals surface area contributed by atoms with E-state index >= 15 is 0 Å². The van der Waals surface area contributed by atoms with Crippen molar-refractivity contribution in [1.82, 2.24) is 29.4 Å². The van der Waals surface area contributed by atoms with Crippen LogP contribution in [0.25, 0.3) is 39.4 Å². The maximum atomic E-state index is 13.2. The first-order valence-electron chi connectivity index (χ1n) is 11.2. The predicted octanol–water partition coefficient (Wildman–Crippen LogP) is 3.93. The summed E-state index contributed by atoms with van der Waals surface area (Å²) in [6.07, 6.45) is 7.14. The Morgan fingerprint density at radius 3 is 2.50 bits per heavy atom. The average Bonchev–Trinajstić information content (AvgIpc) is 3.60. The molecule has 0 aliphatic carbocycles. The van der Waals surface area contributed by atoms with Crippen molar-refractivity contribution in [2.45, 2.75) is 6.92 Å². The molecule has 6 aromatic rings. The Morgan fingerprint density at radius 1 is 0.972 bits per heavy atom. The van der Waals surface area contributed by atoms with Crippen molar-refractivity contribution in [2.24, 2.45) is 0 Å². The van der Waals surface area contributed by atoms with Crippen molar-refractivity contribution in [1.29, 1.82) is 0 Å². The maximum absolute atomic E-state index is 13.2. The van der Waals surface area contributed by atoms with E-state index in [0.717, 1.165) is 39.4 Å². The summed E-state index contributed by atoms with van der Waals surface area (Å²) >= 11 is 1.30. The van der Waals surface area contributed by atoms with Gasteiger partial charge in [-0.05, 0) is 61.0 Å². The topological polar surface area (TPSA) is 87.2 Å². The number of pyridine rings is 1. The van der Waals surface area contributed by atoms with Gasteiger partial charge < -0.3 is 4.74 Å². The molecule has 0 bridgehead atoms. The number of hydrogen-bond acceptors (Lipinski definition) is 7. The van der Waals surface area contributed by atoms with Crippen LogP contribution in [0.5, 0.6) is 5.75 Å². The van der Waals surface area contributed by atoms with Crippen molar-refractivity contribution in [2.75, 3.05) is 7.11 Å². The van der Waals surface area contributed by atoms with Crippen LogP contribution in [-0.4, -0.2) is 36.5 Å². The van der Waals surface area contributed by atoms with Crippen LogP contribution in [0, 0.1) is 6.92 Å². The zero-order chi connectivity index (χ0) is 24.6. The second-order valence-electron chi connectivity index (χ2n) is 8.18. The average molecular weight is 493 g/mol. The molecule has 2 aromatic carbocycles. The third kappa shape index (κ3) is 3.85. The van der Waals surface area contributed by atoms with Crippen molar-refractivity contribution < 1.29 is 4.74 Å². The van der Waals surface area contributed by atoms with E-state index in [1.807, 2.05) is 84.5 Å². The van der Waals surface area contributed by atoms with Crippen LogP contribution in [-0.2, 0) is 0 Å². The molecule has 0 N–H and O–H groups in total. The highest BCUT2D eigenvalue weighted by atomic mass is 32.1. The van der Waals surface area contributed by atoms with Gasteiger partial charge in [0.05, 0.1) is 17.3 Å². The Labute approximate surface area is 209 Å². The van der Waals surface area contributed by atoms with Gasteiger partial charge in [-0.3, -0.25) is 9.78 Å². The Balaban J connectivity index is 1.50. The first-order valence-corrected chi connectivity index (χ1v) is 12.0. The number of rotatable bonds is 5. The number of hydrogen-bond donors (Lipinski definition) is 0. The first-order chi connectivity index (χ1) is 17.6. The number of fused-ring (bicyclic) bond motifs is 1. The second-order valence-corrected chi connectivity index (χ2v) is 9.19. The molecule has 0 unspecified atom stereocenters. The van der Waals surface area contributed by atoms with E-state index < -0.39 is 0 Å². The molecule has 9 heteroatoms. The molecule has 36 heavy (non-hydrogen) atoms. The molecule has 0 aliphatic heterocycles. The molecule has 0 radical (unpaired) electrons. The van der Waals surface area contributed by atoms with Gasteiger partial charge in [0.2, 0.25) is 4.96 Å². The lowest BCUT2D eigenvalue weighted by Crippen LogP contribution is -2.23. The van der Waals surface area contributed by atoms with Crippen molar-refractivity contribution in [3.63, 3.8) is 0 Å². The minimum Gasteiger partial charge on any atom is -0.496 e. The molecule has 4 heterocycles. The monoisotopic (exact) mass is 492 g/mol. The molecule has 0 atom stereocenters. The fraction of sp³-hybridized carbons (Fsp3) is 0.0741. The molecule has 4 aromatic heterocycles. The highest BCUT2D eigenvalue weighted by Gasteiger charge is 2.15. The summed E-state index contributed by atoms with van der Waals surface area (Å²) in [4.78, 5) is 22.3. The van der Waals surface area contributed by atoms with Gasteiger partial charge in [0, 0.05) is 35.3 Å². The molecule has 8 nitrogen and oxygen atoms in total. The summed E-state index contributed by atoms with van der Waals surface area (Å²) in [6.45, 7) is 2.00. The van der Waals surface area contributed by atoms with Crippen molar-refractivity contribution in [3.05, 3.63) is 105 Å². The standard InChI is InChI=1S/C27H20N6O2S/c1-17-14-19(8-9-22(17)35-2)24-20(16-32(30-24)21-6-4-3-5-7-21)15-23-26(34)33-27(36-23)29-25(31-33)18-10-12-28-13-11-18/h3-16H,1-2H3/b23-15-. The molecule has 0 saturated carbocycles. The number of aromatic nitrogens is 6. The smallest absolute Gasteiger partial charge is 0.291 e. The van der Waals surface area contributed by atoms with Gasteiger partial charge in [0.25, 0.3) is 5.56 Å². The quantitative estimate of drug-likeness (QED) is 0.362. The summed E-state index contributed by atoms with van der Waals surface area (Å²) in [7, 11) is 1.66. The summed E-state index contributed by atoms with van der Waals surface area (Å²) < 4.78 is 9.13. The Bertz CT molecular complexity index is 1810. The van der Waals surface area contributed by atoms with Crippen LogP contribution in [0.15, 0.2) is 84.0 Å². The van der Waals surface area contributed by atoms with Gasteiger partial charge >= 0.3 is 0 Å². The number of para-hydroxylation sites is 1. The molecular formula is C27H20N6O2S. The summed E-state index contributed by atoms with van der Waals surface area (Å²) in [5, 5.41) is 9.30. The van der Waals surface area contributed by atoms with Gasteiger partial charge in [0.1, 0.15) is 11.4 Å². The minimum atomic E-state index is -0.216. The fourth-order valence-electron chi connectivity index (χ4n) is 4.05. The van der Waals surface area contributed by atoms with Crippen LogP contribution in [0.3, 0.4) is 0 Å². The first kappa shape index (κ1) is 21.9. The van der Waals surface area contributed by atoms with Crippen LogP contribution < -0.4 is 14.8 Å². The number of thiazole rings is 1. The second kappa shape index (κ2) is 8.86. The number of ether oxygens (including phenoxy) is 1. The van der Waals surface area contributed by atoms with Crippen LogP contribution in [0.4, 0.5) is 0 Å². The lowest BCUT2D eigenvalue weighted by atomic mass is 10.0. The van der Waals surface area contributed by atoms with E-state index in [9.17, 15) is 4.79 Å². The lowest BCUT2D eigenvalue weighted by Gasteiger charge is -2.06. The van der Waals surface area contributed by atoms with E-state index in [-0.39, 0.29) is 5.56 Å². The number of aryl methyl sites for hydroxylation is 1. The molecule has 0 spiro atoms. The van der Waals surface area contributed by atoms with E-state index in [1.165, 1.54) is 15.9 Å². The van der Waals surface area contributed by atoms with Gasteiger partial charge in [0.15, 0.2) is 5.82 Å². The number of benzene rings is 2. The molecule has 0 aliphatic rings. The highest BCUT2D eigenvalue weighted by molar-refractivity contribution is 7.15. The Kier molecular flexibility index (Phi) is 5.38. The maximum Gasteiger partial charge on any atom is 0.291 e. The Morgan fingerprint density at radius 2 is 1.78 bits per heavy atom. The third-order valence-corrected chi connectivity index (χ3v) is 6.80. The predicted molar refractivity (Wildman–Crippen MR) is 139 cm³/mol. The van der Waals surface area contributed by atoms with Crippen molar-refractivity contribution in [3.8, 4) is 34.1 Å². The summed E-state index contributed by atoms with van der Waals surface area (Å²) in [6, 6.07) is 19.5. The summed E-state index contributed by atoms with van der Waals surface area (Å²) in [5.41, 5.74) is 5.04. The summed E-state index contributed by atoms with van der Waals surface area (Å²) in [5.74, 6) is 1.31. The molecule has 0 saturated heterocycles. The van der Waals surface area contributed by atoms with Crippen molar-refractivity contribution >= 4 is 22.4 Å². The number of nitrogens with zero attached hydrogens (tertiary/aromatic N) is 6. The van der Waals surface area contributed by atoms with E-state index in [2.05, 4.69) is 15.1 Å². The van der Waals surface area contributed by atoms with Gasteiger partial charge in [-0.2, -0.15) is 14.6 Å². The van der Waals surface area contributed by atoms with Gasteiger partial charge in [-0.15, -0.1) is 5.10 Å². The zero-order valence-electron chi connectivity index (χ0n) is 19.5. The molecule has 6 rings (SSSR count). The third-order valence-electron chi connectivity index (χ3n) is 5.84. The SMILES string of the molecule is COc1ccc(-c2nn(-c3ccccc3)cc2/C=c2\sc3nc(-c4ccncc4)nn3c2=O)cc1C. The lowest BCUT2D eigenvalue weighted by molar-refractivity contribution is 0.412. The van der Waals surface area contributed by atoms with Crippen LogP contribution in [0.1, 0.15) is 11.1 Å². The largest absolute Gasteiger partial charge is 0.496 e. The molecular weight excluding hydrogens is 472 g/mol. The van der Waals surface area contributed by atoms with Gasteiger partial charge in [-0.25, -0.2) is 4.68 Å². The molecule has 176 valence electrons. The molecule has 0 fully saturated rings. The van der Waals surface area contributed by atoms with E-state index in [0.29, 0.717) is 15.3 Å². The van der Waals surface area contributed by atoms with E-state index in [4.69, 9.17) is 9.84 Å². The minimum absolute atomic E-state index is 0.216. The Hall–Kier alpha value is -4.63. The fourth-order valence-corrected chi connectivity index (χ4v) is 4.95. The molecule has 0 amide bonds. The normalized spacial score (nSPS) is 11.9. The zero-order valence-corrected chi connectivity index (χ0v) is 20.3. The van der Waals surface area contributed by atoms with Crippen LogP contribution >= 0.6 is 11.3 Å². The van der Waals surface area contributed by atoms with Crippen LogP contribution in [0.2, 0.25) is 0 Å².